The van der Waals surface area contributed by atoms with Crippen LogP contribution in [0, 0.1) is 5.92 Å². The Kier molecular flexibility index (Phi) is 24.4. The maximum atomic E-state index is 13.4. The van der Waals surface area contributed by atoms with E-state index in [0.29, 0.717) is 0 Å². The third-order valence-electron chi connectivity index (χ3n) is 8.00. The molecular weight excluding hydrogens is 786 g/mol. The van der Waals surface area contributed by atoms with Gasteiger partial charge >= 0.3 is 17.9 Å². The van der Waals surface area contributed by atoms with Gasteiger partial charge in [0.2, 0.25) is 35.4 Å². The maximum Gasteiger partial charge on any atom is 0.326 e. The van der Waals surface area contributed by atoms with Crippen LogP contribution in [0.5, 0.6) is 0 Å². The lowest BCUT2D eigenvalue weighted by atomic mass is 10.0. The number of nitrogens with zero attached hydrogens (tertiary/aromatic N) is 2. The fourth-order valence-electron chi connectivity index (χ4n) is 5.04. The molecular formula is C33H59N13O13. The van der Waals surface area contributed by atoms with Crippen LogP contribution >= 0.6 is 0 Å². The number of aliphatic hydroxyl groups excluding tert-OH is 1. The van der Waals surface area contributed by atoms with E-state index in [9.17, 15) is 58.5 Å². The lowest BCUT2D eigenvalue weighted by Gasteiger charge is -2.27. The summed E-state index contributed by atoms with van der Waals surface area (Å²) in [5.74, 6) is -11.0. The standard InChI is InChI=1S/C33H59N13O13/c1-15(2)12-20(29(56)46-25(16(3)47)30(57)44-19(31(58)59)7-5-11-40-33(37)38)45-28(55)21(13-24(51)52)42-22(48)14-41-27(54)18(6-4-10-39-32(35)36)43-26(53)17(34)8-9-23(49)50/h15-21,25,47H,4-14,34H2,1-3H3,(H,41,54)(H,42,48)(H,43,53)(H,44,57)(H,45,55)(H,46,56)(H,49,50)(H,51,52)(H,58,59)(H4,35,36,39)(H4,37,38,40)/t16-,17+,18+,19+,20+,21+,25+/m1/s1. The zero-order valence-electron chi connectivity index (χ0n) is 33.1. The summed E-state index contributed by atoms with van der Waals surface area (Å²) in [6, 6.07) is -9.06. The summed E-state index contributed by atoms with van der Waals surface area (Å²) in [4.78, 5) is 120. The Hall–Kier alpha value is -6.31. The molecule has 0 fully saturated rings. The van der Waals surface area contributed by atoms with Gasteiger partial charge in [0.15, 0.2) is 11.9 Å². The van der Waals surface area contributed by atoms with Gasteiger partial charge < -0.3 is 81.0 Å². The number of hydrogen-bond donors (Lipinski definition) is 15. The Morgan fingerprint density at radius 2 is 1.10 bits per heavy atom. The summed E-state index contributed by atoms with van der Waals surface area (Å²) in [6.45, 7) is 3.77. The van der Waals surface area contributed by atoms with Gasteiger partial charge in [0, 0.05) is 19.5 Å². The first-order valence-corrected chi connectivity index (χ1v) is 18.4. The van der Waals surface area contributed by atoms with Crippen LogP contribution in [0.15, 0.2) is 9.98 Å². The number of aliphatic imine (C=N–C) groups is 2. The van der Waals surface area contributed by atoms with Gasteiger partial charge in [0.25, 0.3) is 0 Å². The van der Waals surface area contributed by atoms with Crippen molar-refractivity contribution < 1.29 is 63.6 Å². The number of guanidine groups is 2. The Balaban J connectivity index is 5.91. The number of carbonyl (C=O) groups is 9. The van der Waals surface area contributed by atoms with E-state index in [1.807, 2.05) is 0 Å². The third-order valence-corrected chi connectivity index (χ3v) is 8.00. The van der Waals surface area contributed by atoms with Crippen molar-refractivity contribution in [3.05, 3.63) is 0 Å². The molecule has 0 aliphatic heterocycles. The van der Waals surface area contributed by atoms with Gasteiger partial charge in [-0.25, -0.2) is 4.79 Å². The van der Waals surface area contributed by atoms with Gasteiger partial charge in [-0.05, 0) is 51.4 Å². The van der Waals surface area contributed by atoms with Crippen molar-refractivity contribution >= 4 is 65.3 Å². The normalized spacial score (nSPS) is 14.3. The van der Waals surface area contributed by atoms with Crippen LogP contribution in [0.3, 0.4) is 0 Å². The first kappa shape index (κ1) is 52.7. The topological polar surface area (TPSA) is 462 Å². The summed E-state index contributed by atoms with van der Waals surface area (Å²) in [5.41, 5.74) is 26.9. The summed E-state index contributed by atoms with van der Waals surface area (Å²) in [7, 11) is 0. The molecule has 0 bridgehead atoms. The molecule has 26 heteroatoms. The number of hydrogen-bond acceptors (Lipinski definition) is 13. The molecule has 0 aromatic carbocycles. The van der Waals surface area contributed by atoms with E-state index in [2.05, 4.69) is 41.9 Å². The zero-order valence-corrected chi connectivity index (χ0v) is 33.1. The van der Waals surface area contributed by atoms with Crippen LogP contribution in [-0.4, -0.2) is 148 Å². The van der Waals surface area contributed by atoms with Crippen LogP contribution in [0.1, 0.15) is 72.1 Å². The van der Waals surface area contributed by atoms with E-state index in [-0.39, 0.29) is 69.5 Å². The molecule has 59 heavy (non-hydrogen) atoms. The second-order valence-corrected chi connectivity index (χ2v) is 13.8. The van der Waals surface area contributed by atoms with Crippen LogP contribution in [0.25, 0.3) is 0 Å². The van der Waals surface area contributed by atoms with E-state index in [4.69, 9.17) is 33.8 Å². The molecule has 0 aliphatic rings. The van der Waals surface area contributed by atoms with Gasteiger partial charge in [0.1, 0.15) is 30.2 Å². The van der Waals surface area contributed by atoms with Crippen LogP contribution in [-0.2, 0) is 43.2 Å². The average molecular weight is 846 g/mol. The number of carboxylic acids is 3. The maximum absolute atomic E-state index is 13.4. The number of aliphatic carboxylic acids is 3. The molecule has 0 spiro atoms. The Morgan fingerprint density at radius 1 is 0.593 bits per heavy atom. The van der Waals surface area contributed by atoms with E-state index in [0.717, 1.165) is 6.92 Å². The van der Waals surface area contributed by atoms with Crippen molar-refractivity contribution in [1.82, 2.24) is 31.9 Å². The number of rotatable bonds is 29. The third kappa shape index (κ3) is 23.5. The second kappa shape index (κ2) is 27.3. The lowest BCUT2D eigenvalue weighted by molar-refractivity contribution is -0.143. The number of carboxylic acid groups (broad SMARTS) is 3. The number of carbonyl (C=O) groups excluding carboxylic acids is 6. The van der Waals surface area contributed by atoms with E-state index in [1.165, 1.54) is 0 Å². The summed E-state index contributed by atoms with van der Waals surface area (Å²) >= 11 is 0. The molecule has 26 nitrogen and oxygen atoms in total. The molecule has 7 atom stereocenters. The SMILES string of the molecule is CC(C)C[C@H](NC(=O)[C@H](CC(=O)O)NC(=O)CNC(=O)[C@H](CCCN=C(N)N)NC(=O)[C@@H](N)CCC(=O)O)C(=O)N[C@H](C(=O)N[C@@H](CCCN=C(N)N)C(=O)O)[C@@H](C)O. The highest BCUT2D eigenvalue weighted by Crippen LogP contribution is 2.09. The fraction of sp³-hybridized carbons (Fsp3) is 0.667. The first-order chi connectivity index (χ1) is 27.4. The number of nitrogens with one attached hydrogen (secondary N) is 6. The predicted molar refractivity (Wildman–Crippen MR) is 208 cm³/mol. The number of aliphatic hydroxyl groups is 1. The number of amides is 6. The van der Waals surface area contributed by atoms with Gasteiger partial charge in [-0.3, -0.25) is 48.3 Å². The molecule has 0 aromatic heterocycles. The molecule has 0 radical (unpaired) electrons. The van der Waals surface area contributed by atoms with Crippen LogP contribution in [0.2, 0.25) is 0 Å². The molecule has 0 aromatic rings. The van der Waals surface area contributed by atoms with Crippen molar-refractivity contribution in [2.75, 3.05) is 19.6 Å². The van der Waals surface area contributed by atoms with E-state index in [1.54, 1.807) is 13.8 Å². The molecule has 20 N–H and O–H groups in total. The second-order valence-electron chi connectivity index (χ2n) is 13.8. The number of nitrogens with two attached hydrogens (primary N) is 5. The molecule has 334 valence electrons. The van der Waals surface area contributed by atoms with Gasteiger partial charge in [-0.15, -0.1) is 0 Å². The highest BCUT2D eigenvalue weighted by atomic mass is 16.4. The average Bonchev–Trinajstić information content (AvgIpc) is 3.12. The molecule has 0 unspecified atom stereocenters. The monoisotopic (exact) mass is 845 g/mol. The molecule has 0 saturated heterocycles. The highest BCUT2D eigenvalue weighted by molar-refractivity contribution is 5.97. The quantitative estimate of drug-likeness (QED) is 0.0189. The minimum atomic E-state index is -1.81. The smallest absolute Gasteiger partial charge is 0.326 e. The van der Waals surface area contributed by atoms with Gasteiger partial charge in [-0.1, -0.05) is 13.8 Å². The molecule has 0 heterocycles. The minimum Gasteiger partial charge on any atom is -0.481 e. The fourth-order valence-corrected chi connectivity index (χ4v) is 5.04. The lowest BCUT2D eigenvalue weighted by Crippen LogP contribution is -2.60. The van der Waals surface area contributed by atoms with Crippen molar-refractivity contribution in [2.45, 2.75) is 114 Å². The van der Waals surface area contributed by atoms with E-state index < -0.39 is 115 Å². The molecule has 0 aliphatic carbocycles. The summed E-state index contributed by atoms with van der Waals surface area (Å²) < 4.78 is 0. The summed E-state index contributed by atoms with van der Waals surface area (Å²) in [5, 5.41) is 51.9. The Bertz CT molecular complexity index is 1530. The first-order valence-electron chi connectivity index (χ1n) is 18.4. The van der Waals surface area contributed by atoms with Crippen molar-refractivity contribution in [3.8, 4) is 0 Å². The van der Waals surface area contributed by atoms with Crippen molar-refractivity contribution in [3.63, 3.8) is 0 Å². The Labute approximate surface area is 339 Å². The van der Waals surface area contributed by atoms with Gasteiger partial charge in [0.05, 0.1) is 25.1 Å². The van der Waals surface area contributed by atoms with Crippen LogP contribution in [0.4, 0.5) is 0 Å². The summed E-state index contributed by atoms with van der Waals surface area (Å²) in [6.07, 6.45) is -3.19. The van der Waals surface area contributed by atoms with E-state index >= 15 is 0 Å². The molecule has 0 rings (SSSR count). The zero-order chi connectivity index (χ0) is 45.4. The molecule has 6 amide bonds. The van der Waals surface area contributed by atoms with Crippen molar-refractivity contribution in [2.24, 2.45) is 44.6 Å². The highest BCUT2D eigenvalue weighted by Gasteiger charge is 2.34. The van der Waals surface area contributed by atoms with Gasteiger partial charge in [-0.2, -0.15) is 0 Å². The minimum absolute atomic E-state index is 0.0518. The largest absolute Gasteiger partial charge is 0.481 e. The molecule has 0 saturated carbocycles. The Morgan fingerprint density at radius 3 is 1.58 bits per heavy atom. The predicted octanol–water partition coefficient (Wildman–Crippen LogP) is -6.19. The van der Waals surface area contributed by atoms with Crippen LogP contribution < -0.4 is 60.6 Å². The van der Waals surface area contributed by atoms with Crippen molar-refractivity contribution in [1.29, 1.82) is 0 Å².